The number of aromatic nitrogens is 1. The van der Waals surface area contributed by atoms with Gasteiger partial charge in [-0.1, -0.05) is 6.92 Å². The Kier molecular flexibility index (Phi) is 4.74. The lowest BCUT2D eigenvalue weighted by Crippen LogP contribution is -2.01. The highest BCUT2D eigenvalue weighted by atomic mass is 79.9. The van der Waals surface area contributed by atoms with Crippen LogP contribution in [0, 0.1) is 0 Å². The predicted octanol–water partition coefficient (Wildman–Crippen LogP) is 3.78. The van der Waals surface area contributed by atoms with E-state index in [1.165, 1.54) is 11.3 Å². The minimum absolute atomic E-state index is 0.657. The second-order valence-electron chi connectivity index (χ2n) is 3.84. The standard InChI is InChI=1S/C13H14BrNO2S/c1-2-4-17-10-6-9(7-15-8-10)12(16)13-11(14)3-5-18-13/h3,5-8,12,16H,2,4H2,1H3. The molecule has 1 atom stereocenters. The molecule has 0 radical (unpaired) electrons. The molecule has 0 aliphatic heterocycles. The van der Waals surface area contributed by atoms with E-state index in [-0.39, 0.29) is 0 Å². The molecular formula is C13H14BrNO2S. The molecular weight excluding hydrogens is 314 g/mol. The van der Waals surface area contributed by atoms with E-state index < -0.39 is 6.10 Å². The van der Waals surface area contributed by atoms with E-state index in [9.17, 15) is 5.11 Å². The maximum atomic E-state index is 10.3. The van der Waals surface area contributed by atoms with Crippen LogP contribution in [0.2, 0.25) is 0 Å². The van der Waals surface area contributed by atoms with Crippen molar-refractivity contribution >= 4 is 27.3 Å². The molecule has 0 aromatic carbocycles. The third kappa shape index (κ3) is 3.10. The molecule has 2 aromatic heterocycles. The molecule has 1 N–H and O–H groups in total. The summed E-state index contributed by atoms with van der Waals surface area (Å²) in [7, 11) is 0. The van der Waals surface area contributed by atoms with Crippen molar-refractivity contribution in [3.8, 4) is 5.75 Å². The SMILES string of the molecule is CCCOc1cncc(C(O)c2sccc2Br)c1. The Morgan fingerprint density at radius 3 is 3.00 bits per heavy atom. The topological polar surface area (TPSA) is 42.4 Å². The smallest absolute Gasteiger partial charge is 0.137 e. The molecule has 0 saturated carbocycles. The number of ether oxygens (including phenoxy) is 1. The molecule has 0 saturated heterocycles. The van der Waals surface area contributed by atoms with Gasteiger partial charge in [-0.25, -0.2) is 0 Å². The van der Waals surface area contributed by atoms with Crippen molar-refractivity contribution in [2.45, 2.75) is 19.4 Å². The fourth-order valence-corrected chi connectivity index (χ4v) is 3.14. The number of thiophene rings is 1. The maximum absolute atomic E-state index is 10.3. The van der Waals surface area contributed by atoms with Crippen molar-refractivity contribution < 1.29 is 9.84 Å². The lowest BCUT2D eigenvalue weighted by atomic mass is 10.1. The van der Waals surface area contributed by atoms with Crippen LogP contribution in [-0.4, -0.2) is 16.7 Å². The summed E-state index contributed by atoms with van der Waals surface area (Å²) in [6, 6.07) is 3.76. The van der Waals surface area contributed by atoms with Gasteiger partial charge in [0, 0.05) is 16.2 Å². The second kappa shape index (κ2) is 6.31. The first-order valence-corrected chi connectivity index (χ1v) is 7.38. The molecule has 2 heterocycles. The molecule has 2 rings (SSSR count). The normalized spacial score (nSPS) is 12.4. The van der Waals surface area contributed by atoms with E-state index in [0.29, 0.717) is 12.4 Å². The number of hydrogen-bond acceptors (Lipinski definition) is 4. The van der Waals surface area contributed by atoms with Crippen LogP contribution in [0.4, 0.5) is 0 Å². The first-order chi connectivity index (χ1) is 8.72. The number of aliphatic hydroxyl groups is 1. The molecule has 0 amide bonds. The summed E-state index contributed by atoms with van der Waals surface area (Å²) < 4.78 is 6.43. The van der Waals surface area contributed by atoms with Crippen LogP contribution in [0.25, 0.3) is 0 Å². The van der Waals surface area contributed by atoms with Gasteiger partial charge < -0.3 is 9.84 Å². The van der Waals surface area contributed by atoms with Gasteiger partial charge in [0.1, 0.15) is 11.9 Å². The van der Waals surface area contributed by atoms with Gasteiger partial charge in [0.2, 0.25) is 0 Å². The van der Waals surface area contributed by atoms with Crippen molar-refractivity contribution in [1.29, 1.82) is 0 Å². The molecule has 96 valence electrons. The Balaban J connectivity index is 2.20. The Hall–Kier alpha value is -0.910. The molecule has 1 unspecified atom stereocenters. The van der Waals surface area contributed by atoms with Crippen LogP contribution < -0.4 is 4.74 Å². The zero-order valence-corrected chi connectivity index (χ0v) is 12.4. The Bertz CT molecular complexity index is 515. The molecule has 0 spiro atoms. The van der Waals surface area contributed by atoms with Crippen LogP contribution in [0.5, 0.6) is 5.75 Å². The third-order valence-electron chi connectivity index (χ3n) is 2.42. The number of halogens is 1. The quantitative estimate of drug-likeness (QED) is 0.908. The van der Waals surface area contributed by atoms with E-state index in [4.69, 9.17) is 4.74 Å². The minimum Gasteiger partial charge on any atom is -0.492 e. The fourth-order valence-electron chi connectivity index (χ4n) is 1.54. The summed E-state index contributed by atoms with van der Waals surface area (Å²) in [5, 5.41) is 12.2. The lowest BCUT2D eigenvalue weighted by Gasteiger charge is -2.11. The minimum atomic E-state index is -0.669. The lowest BCUT2D eigenvalue weighted by molar-refractivity contribution is 0.222. The number of nitrogens with zero attached hydrogens (tertiary/aromatic N) is 1. The van der Waals surface area contributed by atoms with Crippen molar-refractivity contribution in [2.75, 3.05) is 6.61 Å². The monoisotopic (exact) mass is 327 g/mol. The van der Waals surface area contributed by atoms with E-state index in [1.54, 1.807) is 12.4 Å². The number of hydrogen-bond donors (Lipinski definition) is 1. The summed E-state index contributed by atoms with van der Waals surface area (Å²) in [6.07, 6.45) is 3.60. The number of rotatable bonds is 5. The Morgan fingerprint density at radius 2 is 2.33 bits per heavy atom. The summed E-state index contributed by atoms with van der Waals surface area (Å²) >= 11 is 4.93. The van der Waals surface area contributed by atoms with Crippen molar-refractivity contribution in [2.24, 2.45) is 0 Å². The maximum Gasteiger partial charge on any atom is 0.137 e. The van der Waals surface area contributed by atoms with Crippen molar-refractivity contribution in [3.05, 3.63) is 44.8 Å². The second-order valence-corrected chi connectivity index (χ2v) is 5.64. The predicted molar refractivity (Wildman–Crippen MR) is 76.1 cm³/mol. The molecule has 0 bridgehead atoms. The zero-order chi connectivity index (χ0) is 13.0. The van der Waals surface area contributed by atoms with Crippen LogP contribution in [0.3, 0.4) is 0 Å². The summed E-state index contributed by atoms with van der Waals surface area (Å²) in [5.41, 5.74) is 0.742. The third-order valence-corrected chi connectivity index (χ3v) is 4.34. The fraction of sp³-hybridized carbons (Fsp3) is 0.308. The molecule has 0 aliphatic rings. The highest BCUT2D eigenvalue weighted by Crippen LogP contribution is 2.33. The summed E-state index contributed by atoms with van der Waals surface area (Å²) in [4.78, 5) is 4.98. The van der Waals surface area contributed by atoms with Gasteiger partial charge >= 0.3 is 0 Å². The molecule has 2 aromatic rings. The number of aliphatic hydroxyl groups excluding tert-OH is 1. The van der Waals surface area contributed by atoms with E-state index in [0.717, 1.165) is 21.3 Å². The van der Waals surface area contributed by atoms with Crippen LogP contribution in [0.15, 0.2) is 34.4 Å². The first-order valence-electron chi connectivity index (χ1n) is 5.71. The molecule has 3 nitrogen and oxygen atoms in total. The van der Waals surface area contributed by atoms with Gasteiger partial charge in [-0.15, -0.1) is 11.3 Å². The average Bonchev–Trinajstić information content (AvgIpc) is 2.82. The zero-order valence-electron chi connectivity index (χ0n) is 9.97. The molecule has 18 heavy (non-hydrogen) atoms. The van der Waals surface area contributed by atoms with Gasteiger partial charge in [-0.05, 0) is 39.9 Å². The van der Waals surface area contributed by atoms with Crippen molar-refractivity contribution in [3.63, 3.8) is 0 Å². The molecule has 0 fully saturated rings. The average molecular weight is 328 g/mol. The van der Waals surface area contributed by atoms with Crippen molar-refractivity contribution in [1.82, 2.24) is 4.98 Å². The first kappa shape index (κ1) is 13.5. The van der Waals surface area contributed by atoms with Gasteiger partial charge in [0.05, 0.1) is 17.7 Å². The van der Waals surface area contributed by atoms with E-state index >= 15 is 0 Å². The van der Waals surface area contributed by atoms with Gasteiger partial charge in [0.25, 0.3) is 0 Å². The summed E-state index contributed by atoms with van der Waals surface area (Å²) in [6.45, 7) is 2.71. The molecule has 0 aliphatic carbocycles. The largest absolute Gasteiger partial charge is 0.492 e. The van der Waals surface area contributed by atoms with Crippen LogP contribution in [0.1, 0.15) is 29.9 Å². The van der Waals surface area contributed by atoms with E-state index in [1.807, 2.05) is 17.5 Å². The van der Waals surface area contributed by atoms with Gasteiger partial charge in [-0.2, -0.15) is 0 Å². The number of pyridine rings is 1. The van der Waals surface area contributed by atoms with Crippen LogP contribution >= 0.6 is 27.3 Å². The Labute approximate surface area is 119 Å². The summed E-state index contributed by atoms with van der Waals surface area (Å²) in [5.74, 6) is 0.695. The highest BCUT2D eigenvalue weighted by Gasteiger charge is 2.16. The Morgan fingerprint density at radius 1 is 1.50 bits per heavy atom. The van der Waals surface area contributed by atoms with E-state index in [2.05, 4.69) is 27.8 Å². The van der Waals surface area contributed by atoms with Gasteiger partial charge in [0.15, 0.2) is 0 Å². The molecule has 5 heteroatoms. The van der Waals surface area contributed by atoms with Gasteiger partial charge in [-0.3, -0.25) is 4.98 Å². The van der Waals surface area contributed by atoms with Crippen LogP contribution in [-0.2, 0) is 0 Å². The highest BCUT2D eigenvalue weighted by molar-refractivity contribution is 9.10.